The first kappa shape index (κ1) is 15.0. The molecule has 98 valence electrons. The quantitative estimate of drug-likeness (QED) is 0.316. The predicted molar refractivity (Wildman–Crippen MR) is 81.8 cm³/mol. The molecule has 0 spiro atoms. The van der Waals surface area contributed by atoms with Gasteiger partial charge in [-0.25, -0.2) is 0 Å². The Morgan fingerprint density at radius 3 is 1.94 bits per heavy atom. The Morgan fingerprint density at radius 1 is 0.824 bits per heavy atom. The van der Waals surface area contributed by atoms with E-state index in [1.165, 1.54) is 76.0 Å². The molecular weight excluding hydrogens is 272 g/mol. The van der Waals surface area contributed by atoms with Crippen molar-refractivity contribution in [3.8, 4) is 0 Å². The van der Waals surface area contributed by atoms with Crippen LogP contribution in [0.3, 0.4) is 0 Å². The number of rotatable bonds is 11. The van der Waals surface area contributed by atoms with Gasteiger partial charge in [-0.3, -0.25) is 0 Å². The van der Waals surface area contributed by atoms with Crippen molar-refractivity contribution in [1.29, 1.82) is 0 Å². The van der Waals surface area contributed by atoms with Crippen LogP contribution in [0.5, 0.6) is 0 Å². The first-order chi connectivity index (χ1) is 8.43. The van der Waals surface area contributed by atoms with Gasteiger partial charge in [-0.15, -0.1) is 0 Å². The van der Waals surface area contributed by atoms with E-state index in [4.69, 9.17) is 0 Å². The van der Waals surface area contributed by atoms with E-state index in [1.807, 2.05) is 0 Å². The summed E-state index contributed by atoms with van der Waals surface area (Å²) in [5.41, 5.74) is 1.64. The Kier molecular flexibility index (Phi) is 9.78. The highest BCUT2D eigenvalue weighted by molar-refractivity contribution is 9.09. The molecule has 0 nitrogen and oxygen atoms in total. The molecule has 1 aliphatic rings. The summed E-state index contributed by atoms with van der Waals surface area (Å²) in [6, 6.07) is 0. The molecule has 0 N–H and O–H groups in total. The van der Waals surface area contributed by atoms with Crippen LogP contribution in [0.1, 0.15) is 70.6 Å². The van der Waals surface area contributed by atoms with E-state index >= 15 is 0 Å². The van der Waals surface area contributed by atoms with Crippen molar-refractivity contribution in [2.45, 2.75) is 70.6 Å². The molecule has 0 saturated heterocycles. The lowest BCUT2D eigenvalue weighted by atomic mass is 10.0. The lowest BCUT2D eigenvalue weighted by Gasteiger charge is -2.03. The largest absolute Gasteiger partial charge is 0.0928 e. The summed E-state index contributed by atoms with van der Waals surface area (Å²) in [5, 5.41) is 1.18. The second kappa shape index (κ2) is 11.1. The fraction of sp³-hybridized carbons (Fsp3) is 0.750. The molecule has 17 heavy (non-hydrogen) atoms. The third-order valence-corrected chi connectivity index (χ3v) is 4.04. The van der Waals surface area contributed by atoms with Crippen molar-refractivity contribution < 1.29 is 0 Å². The maximum absolute atomic E-state index is 3.48. The number of unbranched alkanes of at least 4 members (excludes halogenated alkanes) is 8. The van der Waals surface area contributed by atoms with Gasteiger partial charge in [-0.2, -0.15) is 0 Å². The SMILES string of the molecule is BrCCCCCCCCCCCC1=CC=CC1. The van der Waals surface area contributed by atoms with E-state index < -0.39 is 0 Å². The summed E-state index contributed by atoms with van der Waals surface area (Å²) in [7, 11) is 0. The van der Waals surface area contributed by atoms with Crippen molar-refractivity contribution in [3.05, 3.63) is 23.8 Å². The second-order valence-electron chi connectivity index (χ2n) is 5.08. The van der Waals surface area contributed by atoms with Crippen molar-refractivity contribution >= 4 is 15.9 Å². The van der Waals surface area contributed by atoms with Crippen molar-refractivity contribution in [2.75, 3.05) is 5.33 Å². The lowest BCUT2D eigenvalue weighted by Crippen LogP contribution is -1.84. The monoisotopic (exact) mass is 298 g/mol. The Labute approximate surface area is 116 Å². The zero-order valence-corrected chi connectivity index (χ0v) is 12.7. The zero-order valence-electron chi connectivity index (χ0n) is 11.1. The van der Waals surface area contributed by atoms with Crippen molar-refractivity contribution in [3.63, 3.8) is 0 Å². The normalized spacial score (nSPS) is 14.3. The Hall–Kier alpha value is -0.0400. The van der Waals surface area contributed by atoms with E-state index in [-0.39, 0.29) is 0 Å². The van der Waals surface area contributed by atoms with Crippen LogP contribution in [0.25, 0.3) is 0 Å². The Bertz CT molecular complexity index is 228. The van der Waals surface area contributed by atoms with E-state index in [1.54, 1.807) is 5.57 Å². The Morgan fingerprint density at radius 2 is 1.41 bits per heavy atom. The van der Waals surface area contributed by atoms with E-state index in [0.717, 1.165) is 0 Å². The lowest BCUT2D eigenvalue weighted by molar-refractivity contribution is 0.565. The first-order valence-electron chi connectivity index (χ1n) is 7.34. The van der Waals surface area contributed by atoms with Gasteiger partial charge >= 0.3 is 0 Å². The molecule has 0 radical (unpaired) electrons. The minimum absolute atomic E-state index is 1.18. The van der Waals surface area contributed by atoms with Crippen LogP contribution in [0, 0.1) is 0 Å². The number of hydrogen-bond donors (Lipinski definition) is 0. The molecule has 0 aromatic heterocycles. The van der Waals surface area contributed by atoms with Gasteiger partial charge in [0.05, 0.1) is 0 Å². The van der Waals surface area contributed by atoms with Gasteiger partial charge in [0.2, 0.25) is 0 Å². The summed E-state index contributed by atoms with van der Waals surface area (Å²) >= 11 is 3.48. The van der Waals surface area contributed by atoms with E-state index in [9.17, 15) is 0 Å². The minimum Gasteiger partial charge on any atom is -0.0928 e. The van der Waals surface area contributed by atoms with Crippen LogP contribution >= 0.6 is 15.9 Å². The van der Waals surface area contributed by atoms with Gasteiger partial charge in [0.25, 0.3) is 0 Å². The van der Waals surface area contributed by atoms with Gasteiger partial charge < -0.3 is 0 Å². The molecule has 1 aliphatic carbocycles. The molecular formula is C16H27Br. The average molecular weight is 299 g/mol. The third-order valence-electron chi connectivity index (χ3n) is 3.48. The van der Waals surface area contributed by atoms with E-state index in [0.29, 0.717) is 0 Å². The molecule has 0 atom stereocenters. The van der Waals surface area contributed by atoms with Crippen LogP contribution in [-0.2, 0) is 0 Å². The maximum Gasteiger partial charge on any atom is 0.00313 e. The predicted octanol–water partition coefficient (Wildman–Crippen LogP) is 6.17. The van der Waals surface area contributed by atoms with Gasteiger partial charge in [-0.05, 0) is 25.7 Å². The number of hydrogen-bond acceptors (Lipinski definition) is 0. The van der Waals surface area contributed by atoms with Crippen LogP contribution in [0.15, 0.2) is 23.8 Å². The minimum atomic E-state index is 1.18. The molecule has 0 unspecified atom stereocenters. The summed E-state index contributed by atoms with van der Waals surface area (Å²) in [6.07, 6.45) is 22.1. The number of alkyl halides is 1. The molecule has 0 heterocycles. The summed E-state index contributed by atoms with van der Waals surface area (Å²) in [6.45, 7) is 0. The fourth-order valence-corrected chi connectivity index (χ4v) is 2.76. The van der Waals surface area contributed by atoms with Gasteiger partial charge in [0.15, 0.2) is 0 Å². The highest BCUT2D eigenvalue weighted by Gasteiger charge is 1.98. The molecule has 1 rings (SSSR count). The number of allylic oxidation sites excluding steroid dienone is 4. The summed E-state index contributed by atoms with van der Waals surface area (Å²) in [4.78, 5) is 0. The molecule has 0 aromatic carbocycles. The van der Waals surface area contributed by atoms with E-state index in [2.05, 4.69) is 34.2 Å². The third kappa shape index (κ3) is 8.65. The summed E-state index contributed by atoms with van der Waals surface area (Å²) < 4.78 is 0. The Balaban J connectivity index is 1.72. The highest BCUT2D eigenvalue weighted by atomic mass is 79.9. The van der Waals surface area contributed by atoms with Gasteiger partial charge in [-0.1, -0.05) is 84.7 Å². The fourth-order valence-electron chi connectivity index (χ4n) is 2.36. The molecule has 0 fully saturated rings. The molecule has 0 aliphatic heterocycles. The van der Waals surface area contributed by atoms with Crippen LogP contribution < -0.4 is 0 Å². The zero-order chi connectivity index (χ0) is 12.2. The van der Waals surface area contributed by atoms with Crippen molar-refractivity contribution in [1.82, 2.24) is 0 Å². The summed E-state index contributed by atoms with van der Waals surface area (Å²) in [5.74, 6) is 0. The molecule has 0 saturated carbocycles. The molecule has 0 aromatic rings. The van der Waals surface area contributed by atoms with Crippen LogP contribution in [-0.4, -0.2) is 5.33 Å². The first-order valence-corrected chi connectivity index (χ1v) is 8.46. The molecule has 0 bridgehead atoms. The van der Waals surface area contributed by atoms with Crippen molar-refractivity contribution in [2.24, 2.45) is 0 Å². The standard InChI is InChI=1S/C16H27Br/c17-15-11-7-5-3-1-2-4-6-8-12-16-13-9-10-14-16/h9-10,13H,1-8,11-12,14-15H2. The second-order valence-corrected chi connectivity index (χ2v) is 5.87. The maximum atomic E-state index is 3.48. The molecule has 1 heteroatoms. The van der Waals surface area contributed by atoms with Gasteiger partial charge in [0.1, 0.15) is 0 Å². The van der Waals surface area contributed by atoms with Crippen LogP contribution in [0.4, 0.5) is 0 Å². The topological polar surface area (TPSA) is 0 Å². The average Bonchev–Trinajstić information content (AvgIpc) is 2.85. The molecule has 0 amide bonds. The highest BCUT2D eigenvalue weighted by Crippen LogP contribution is 2.18. The van der Waals surface area contributed by atoms with Crippen LogP contribution in [0.2, 0.25) is 0 Å². The van der Waals surface area contributed by atoms with Gasteiger partial charge in [0, 0.05) is 5.33 Å². The smallest absolute Gasteiger partial charge is 0.00313 e. The number of halogens is 1.